The van der Waals surface area contributed by atoms with Gasteiger partial charge in [-0.25, -0.2) is 4.98 Å². The fraction of sp³-hybridized carbons (Fsp3) is 0.154. The third-order valence-corrected chi connectivity index (χ3v) is 6.19. The minimum atomic E-state index is -0.0712. The molecule has 0 unspecified atom stereocenters. The van der Waals surface area contributed by atoms with Crippen LogP contribution in [0.4, 0.5) is 5.13 Å². The maximum atomic E-state index is 6.30. The maximum absolute atomic E-state index is 6.30. The van der Waals surface area contributed by atoms with E-state index < -0.39 is 0 Å². The van der Waals surface area contributed by atoms with Gasteiger partial charge in [-0.3, -0.25) is 5.43 Å². The van der Waals surface area contributed by atoms with Gasteiger partial charge in [-0.15, -0.1) is 11.3 Å². The molecule has 3 aromatic carbocycles. The smallest absolute Gasteiger partial charge is 0.203 e. The highest BCUT2D eigenvalue weighted by Crippen LogP contribution is 2.36. The molecule has 5 rings (SSSR count). The van der Waals surface area contributed by atoms with E-state index in [0.29, 0.717) is 6.42 Å². The molecule has 0 radical (unpaired) electrons. The normalized spacial score (nSPS) is 16.3. The average Bonchev–Trinajstić information content (AvgIpc) is 3.32. The van der Waals surface area contributed by atoms with Gasteiger partial charge in [0.05, 0.1) is 18.5 Å². The van der Waals surface area contributed by atoms with Crippen molar-refractivity contribution < 1.29 is 9.47 Å². The van der Waals surface area contributed by atoms with Crippen LogP contribution in [0, 0.1) is 6.92 Å². The summed E-state index contributed by atoms with van der Waals surface area (Å²) in [6.45, 7) is 2.08. The zero-order valence-corrected chi connectivity index (χ0v) is 18.7. The van der Waals surface area contributed by atoms with E-state index >= 15 is 0 Å². The number of aromatic nitrogens is 1. The SMILES string of the molecule is COc1ccc(-c2csc(NN=C3C[C@H](c4ccccc4)Oc4ccc(C)cc43)n2)cc1. The minimum absolute atomic E-state index is 0.0712. The third kappa shape index (κ3) is 4.22. The molecule has 0 saturated carbocycles. The van der Waals surface area contributed by atoms with Gasteiger partial charge in [-0.1, -0.05) is 42.0 Å². The van der Waals surface area contributed by atoms with Crippen LogP contribution in [0.5, 0.6) is 11.5 Å². The molecule has 5 nitrogen and oxygen atoms in total. The fourth-order valence-electron chi connectivity index (χ4n) is 3.75. The van der Waals surface area contributed by atoms with Crippen LogP contribution in [0.3, 0.4) is 0 Å². The minimum Gasteiger partial charge on any atom is -0.497 e. The molecule has 1 aliphatic heterocycles. The molecular weight excluding hydrogens is 418 g/mol. The Morgan fingerprint density at radius 2 is 1.88 bits per heavy atom. The van der Waals surface area contributed by atoms with E-state index in [1.807, 2.05) is 53.9 Å². The highest BCUT2D eigenvalue weighted by Gasteiger charge is 2.26. The second kappa shape index (κ2) is 8.85. The van der Waals surface area contributed by atoms with Crippen molar-refractivity contribution in [2.75, 3.05) is 12.5 Å². The first-order chi connectivity index (χ1) is 15.7. The average molecular weight is 442 g/mol. The van der Waals surface area contributed by atoms with Gasteiger partial charge in [0.1, 0.15) is 17.6 Å². The van der Waals surface area contributed by atoms with Gasteiger partial charge in [0.2, 0.25) is 5.13 Å². The summed E-state index contributed by atoms with van der Waals surface area (Å²) in [6, 6.07) is 24.4. The summed E-state index contributed by atoms with van der Waals surface area (Å²) in [7, 11) is 1.66. The predicted octanol–water partition coefficient (Wildman–Crippen LogP) is 6.47. The van der Waals surface area contributed by atoms with E-state index in [4.69, 9.17) is 19.6 Å². The maximum Gasteiger partial charge on any atom is 0.203 e. The van der Waals surface area contributed by atoms with Gasteiger partial charge in [-0.2, -0.15) is 5.10 Å². The number of nitrogens with one attached hydrogen (secondary N) is 1. The molecule has 0 bridgehead atoms. The Balaban J connectivity index is 1.41. The summed E-state index contributed by atoms with van der Waals surface area (Å²) >= 11 is 1.53. The number of methoxy groups -OCH3 is 1. The number of ether oxygens (including phenoxy) is 2. The van der Waals surface area contributed by atoms with E-state index in [-0.39, 0.29) is 6.10 Å². The number of hydrogen-bond donors (Lipinski definition) is 1. The highest BCUT2D eigenvalue weighted by molar-refractivity contribution is 7.14. The molecule has 1 atom stereocenters. The molecule has 0 spiro atoms. The zero-order valence-electron chi connectivity index (χ0n) is 17.9. The molecule has 1 aliphatic rings. The summed E-state index contributed by atoms with van der Waals surface area (Å²) in [5.41, 5.74) is 9.43. The van der Waals surface area contributed by atoms with Crippen LogP contribution >= 0.6 is 11.3 Å². The van der Waals surface area contributed by atoms with Crippen molar-refractivity contribution >= 4 is 22.2 Å². The molecule has 1 aromatic heterocycles. The summed E-state index contributed by atoms with van der Waals surface area (Å²) in [6.07, 6.45) is 0.614. The predicted molar refractivity (Wildman–Crippen MR) is 130 cm³/mol. The summed E-state index contributed by atoms with van der Waals surface area (Å²) in [5.74, 6) is 1.68. The van der Waals surface area contributed by atoms with Crippen LogP contribution in [-0.4, -0.2) is 17.8 Å². The zero-order chi connectivity index (χ0) is 21.9. The van der Waals surface area contributed by atoms with Gasteiger partial charge in [0.15, 0.2) is 0 Å². The van der Waals surface area contributed by atoms with Crippen molar-refractivity contribution in [3.05, 3.63) is 94.9 Å². The van der Waals surface area contributed by atoms with Crippen LogP contribution in [0.2, 0.25) is 0 Å². The van der Waals surface area contributed by atoms with E-state index in [1.165, 1.54) is 16.9 Å². The Kier molecular flexibility index (Phi) is 5.60. The van der Waals surface area contributed by atoms with Crippen molar-refractivity contribution in [3.63, 3.8) is 0 Å². The quantitative estimate of drug-likeness (QED) is 0.361. The lowest BCUT2D eigenvalue weighted by atomic mass is 9.94. The van der Waals surface area contributed by atoms with Crippen LogP contribution in [0.1, 0.15) is 29.2 Å². The number of aryl methyl sites for hydroxylation is 1. The van der Waals surface area contributed by atoms with Crippen LogP contribution in [0.15, 0.2) is 83.3 Å². The lowest BCUT2D eigenvalue weighted by Crippen LogP contribution is -2.22. The summed E-state index contributed by atoms with van der Waals surface area (Å²) in [5, 5.41) is 7.54. The van der Waals surface area contributed by atoms with Crippen molar-refractivity contribution in [1.82, 2.24) is 4.98 Å². The number of hydrazone groups is 1. The van der Waals surface area contributed by atoms with Gasteiger partial charge in [0, 0.05) is 22.9 Å². The van der Waals surface area contributed by atoms with E-state index in [0.717, 1.165) is 44.7 Å². The Labute approximate surface area is 191 Å². The molecule has 0 amide bonds. The standard InChI is InChI=1S/C26H23N3O2S/c1-17-8-13-24-21(14-17)22(15-25(31-24)19-6-4-3-5-7-19)28-29-26-27-23(16-32-26)18-9-11-20(30-2)12-10-18/h3-14,16,25H,15H2,1-2H3,(H,27,29)/t25-/m1/s1. The first-order valence-electron chi connectivity index (χ1n) is 10.4. The first kappa shape index (κ1) is 20.3. The number of anilines is 1. The molecule has 0 saturated heterocycles. The van der Waals surface area contributed by atoms with E-state index in [2.05, 4.69) is 36.6 Å². The lowest BCUT2D eigenvalue weighted by molar-refractivity contribution is 0.206. The second-order valence-corrected chi connectivity index (χ2v) is 8.52. The molecule has 32 heavy (non-hydrogen) atoms. The lowest BCUT2D eigenvalue weighted by Gasteiger charge is -2.27. The molecule has 0 aliphatic carbocycles. The fourth-order valence-corrected chi connectivity index (χ4v) is 4.41. The number of benzene rings is 3. The highest BCUT2D eigenvalue weighted by atomic mass is 32.1. The van der Waals surface area contributed by atoms with Gasteiger partial charge in [0.25, 0.3) is 0 Å². The van der Waals surface area contributed by atoms with Crippen molar-refractivity contribution in [1.29, 1.82) is 0 Å². The topological polar surface area (TPSA) is 55.7 Å². The molecule has 1 N–H and O–H groups in total. The van der Waals surface area contributed by atoms with Crippen molar-refractivity contribution in [3.8, 4) is 22.8 Å². The molecule has 4 aromatic rings. The number of rotatable bonds is 5. The Morgan fingerprint density at radius 3 is 2.66 bits per heavy atom. The van der Waals surface area contributed by atoms with Crippen LogP contribution in [0.25, 0.3) is 11.3 Å². The first-order valence-corrected chi connectivity index (χ1v) is 11.3. The van der Waals surface area contributed by atoms with Gasteiger partial charge < -0.3 is 9.47 Å². The van der Waals surface area contributed by atoms with Crippen LogP contribution < -0.4 is 14.9 Å². The summed E-state index contributed by atoms with van der Waals surface area (Å²) in [4.78, 5) is 4.70. The number of hydrogen-bond acceptors (Lipinski definition) is 6. The van der Waals surface area contributed by atoms with E-state index in [1.54, 1.807) is 7.11 Å². The number of thiazole rings is 1. The molecular formula is C26H23N3O2S. The molecule has 0 fully saturated rings. The number of fused-ring (bicyclic) bond motifs is 1. The Bertz CT molecular complexity index is 1250. The third-order valence-electron chi connectivity index (χ3n) is 5.44. The van der Waals surface area contributed by atoms with Crippen LogP contribution in [-0.2, 0) is 0 Å². The monoisotopic (exact) mass is 441 g/mol. The molecule has 2 heterocycles. The van der Waals surface area contributed by atoms with Crippen molar-refractivity contribution in [2.45, 2.75) is 19.4 Å². The van der Waals surface area contributed by atoms with Crippen molar-refractivity contribution in [2.24, 2.45) is 5.10 Å². The summed E-state index contributed by atoms with van der Waals surface area (Å²) < 4.78 is 11.5. The van der Waals surface area contributed by atoms with Gasteiger partial charge >= 0.3 is 0 Å². The molecule has 160 valence electrons. The number of nitrogens with zero attached hydrogens (tertiary/aromatic N) is 2. The Morgan fingerprint density at radius 1 is 1.06 bits per heavy atom. The van der Waals surface area contributed by atoms with E-state index in [9.17, 15) is 0 Å². The second-order valence-electron chi connectivity index (χ2n) is 7.66. The molecule has 6 heteroatoms. The Hall–Kier alpha value is -3.64. The largest absolute Gasteiger partial charge is 0.497 e. The van der Waals surface area contributed by atoms with Gasteiger partial charge in [-0.05, 0) is 48.9 Å².